The van der Waals surface area contributed by atoms with E-state index in [1.807, 2.05) is 57.3 Å². The number of halogens is 3. The van der Waals surface area contributed by atoms with Crippen molar-refractivity contribution in [3.63, 3.8) is 0 Å². The van der Waals surface area contributed by atoms with Crippen molar-refractivity contribution in [3.05, 3.63) is 77.6 Å². The zero-order valence-electron chi connectivity index (χ0n) is 17.5. The van der Waals surface area contributed by atoms with E-state index >= 15 is 0 Å². The maximum Gasteiger partial charge on any atom is 0.573 e. The molecule has 4 rings (SSSR count). The number of aliphatic hydroxyl groups is 1. The molecule has 1 N–H and O–H groups in total. The third-order valence-corrected chi connectivity index (χ3v) is 5.92. The number of alkyl halides is 3. The van der Waals surface area contributed by atoms with E-state index in [2.05, 4.69) is 9.64 Å². The van der Waals surface area contributed by atoms with Gasteiger partial charge in [0.1, 0.15) is 22.9 Å². The minimum absolute atomic E-state index is 0.325. The number of benzene rings is 2. The molecule has 1 saturated heterocycles. The van der Waals surface area contributed by atoms with Crippen molar-refractivity contribution in [2.24, 2.45) is 5.41 Å². The first kappa shape index (κ1) is 21.5. The van der Waals surface area contributed by atoms with Crippen molar-refractivity contribution >= 4 is 0 Å². The fourth-order valence-electron chi connectivity index (χ4n) is 4.62. The summed E-state index contributed by atoms with van der Waals surface area (Å²) in [6, 6.07) is 16.7. The molecule has 3 aromatic rings. The molecule has 164 valence electrons. The fraction of sp³-hybridized carbons (Fsp3) is 0.333. The Hall–Kier alpha value is -2.77. The van der Waals surface area contributed by atoms with E-state index < -0.39 is 17.4 Å². The van der Waals surface area contributed by atoms with Crippen LogP contribution in [0.3, 0.4) is 0 Å². The molecule has 2 aromatic carbocycles. The lowest BCUT2D eigenvalue weighted by molar-refractivity contribution is -0.274. The Labute approximate surface area is 178 Å². The number of hydrogen-bond acceptors (Lipinski definition) is 4. The van der Waals surface area contributed by atoms with Gasteiger partial charge in [-0.15, -0.1) is 13.2 Å². The molecule has 7 heteroatoms. The van der Waals surface area contributed by atoms with Gasteiger partial charge in [-0.3, -0.25) is 0 Å². The highest BCUT2D eigenvalue weighted by Gasteiger charge is 2.55. The lowest BCUT2D eigenvalue weighted by Gasteiger charge is -2.56. The van der Waals surface area contributed by atoms with Crippen molar-refractivity contribution in [1.82, 2.24) is 4.90 Å². The van der Waals surface area contributed by atoms with E-state index in [9.17, 15) is 18.3 Å². The van der Waals surface area contributed by atoms with Gasteiger partial charge in [0.15, 0.2) is 0 Å². The van der Waals surface area contributed by atoms with Crippen LogP contribution in [0.2, 0.25) is 0 Å². The summed E-state index contributed by atoms with van der Waals surface area (Å²) in [5.41, 5.74) is 0.0154. The van der Waals surface area contributed by atoms with E-state index in [1.165, 1.54) is 24.3 Å². The van der Waals surface area contributed by atoms with Crippen LogP contribution in [0.25, 0.3) is 11.3 Å². The summed E-state index contributed by atoms with van der Waals surface area (Å²) < 4.78 is 47.4. The number of likely N-dealkylation sites (tertiary alicyclic amines) is 1. The lowest BCUT2D eigenvalue weighted by Crippen LogP contribution is -2.63. The van der Waals surface area contributed by atoms with Gasteiger partial charge in [-0.2, -0.15) is 0 Å². The summed E-state index contributed by atoms with van der Waals surface area (Å²) in [4.78, 5) is 2.09. The molecule has 0 spiro atoms. The number of hydrogen-bond donors (Lipinski definition) is 1. The van der Waals surface area contributed by atoms with Gasteiger partial charge in [0.2, 0.25) is 0 Å². The van der Waals surface area contributed by atoms with Crippen molar-refractivity contribution in [1.29, 1.82) is 0 Å². The first-order valence-electron chi connectivity index (χ1n) is 9.95. The molecule has 0 saturated carbocycles. The second kappa shape index (κ2) is 7.43. The predicted molar refractivity (Wildman–Crippen MR) is 111 cm³/mol. The molecule has 0 aliphatic carbocycles. The average Bonchev–Trinajstić information content (AvgIpc) is 3.12. The fourth-order valence-corrected chi connectivity index (χ4v) is 4.62. The monoisotopic (exact) mass is 431 g/mol. The Morgan fingerprint density at radius 2 is 1.68 bits per heavy atom. The minimum atomic E-state index is -4.77. The van der Waals surface area contributed by atoms with Gasteiger partial charge in [0.25, 0.3) is 0 Å². The van der Waals surface area contributed by atoms with E-state index in [0.717, 1.165) is 11.3 Å². The van der Waals surface area contributed by atoms with Crippen LogP contribution in [0.1, 0.15) is 23.8 Å². The maximum absolute atomic E-state index is 12.6. The third kappa shape index (κ3) is 3.95. The zero-order valence-corrected chi connectivity index (χ0v) is 17.5. The van der Waals surface area contributed by atoms with E-state index in [-0.39, 0.29) is 5.75 Å². The molecule has 4 nitrogen and oxygen atoms in total. The average molecular weight is 431 g/mol. The highest BCUT2D eigenvalue weighted by molar-refractivity contribution is 5.60. The highest BCUT2D eigenvalue weighted by atomic mass is 19.4. The van der Waals surface area contributed by atoms with Gasteiger partial charge in [-0.05, 0) is 55.4 Å². The van der Waals surface area contributed by atoms with Crippen LogP contribution in [0.4, 0.5) is 13.2 Å². The standard InChI is InChI=1S/C24H24F3NO3/c1-16-7-12-21(30-16)17-5-4-6-19(13-17)23(29,22(2)14-28(3)15-22)18-8-10-20(11-9-18)31-24(25,26)27/h4-13,29H,14-15H2,1-3H3/t23-/m0/s1. The summed E-state index contributed by atoms with van der Waals surface area (Å²) in [7, 11) is 1.96. The molecule has 0 radical (unpaired) electrons. The normalized spacial score (nSPS) is 18.3. The zero-order chi connectivity index (χ0) is 22.4. The van der Waals surface area contributed by atoms with Gasteiger partial charge in [-0.1, -0.05) is 37.3 Å². The van der Waals surface area contributed by atoms with E-state index in [0.29, 0.717) is 30.0 Å². The third-order valence-electron chi connectivity index (χ3n) is 5.92. The number of nitrogens with zero attached hydrogens (tertiary/aromatic N) is 1. The summed E-state index contributed by atoms with van der Waals surface area (Å²) >= 11 is 0. The van der Waals surface area contributed by atoms with E-state index in [1.54, 1.807) is 0 Å². The highest BCUT2D eigenvalue weighted by Crippen LogP contribution is 2.50. The Morgan fingerprint density at radius 1 is 1.00 bits per heavy atom. The molecule has 0 amide bonds. The van der Waals surface area contributed by atoms with Crippen molar-refractivity contribution < 1.29 is 27.4 Å². The van der Waals surface area contributed by atoms with Crippen LogP contribution in [-0.4, -0.2) is 36.5 Å². The number of furan rings is 1. The molecule has 1 atom stereocenters. The second-order valence-electron chi connectivity index (χ2n) is 8.51. The van der Waals surface area contributed by atoms with Crippen LogP contribution in [-0.2, 0) is 5.60 Å². The topological polar surface area (TPSA) is 45.8 Å². The van der Waals surface area contributed by atoms with E-state index in [4.69, 9.17) is 4.42 Å². The molecule has 1 aliphatic heterocycles. The summed E-state index contributed by atoms with van der Waals surface area (Å²) in [6.07, 6.45) is -4.77. The summed E-state index contributed by atoms with van der Waals surface area (Å²) in [5, 5.41) is 12.1. The van der Waals surface area contributed by atoms with Gasteiger partial charge < -0.3 is 19.2 Å². The number of rotatable bonds is 5. The minimum Gasteiger partial charge on any atom is -0.461 e. The summed E-state index contributed by atoms with van der Waals surface area (Å²) in [5.74, 6) is 1.14. The first-order valence-corrected chi connectivity index (χ1v) is 9.95. The Kier molecular flexibility index (Phi) is 5.14. The Bertz CT molecular complexity index is 1070. The van der Waals surface area contributed by atoms with Crippen LogP contribution >= 0.6 is 0 Å². The molecule has 0 bridgehead atoms. The molecule has 1 aliphatic rings. The first-order chi connectivity index (χ1) is 14.5. The van der Waals surface area contributed by atoms with Crippen molar-refractivity contribution in [3.8, 4) is 17.1 Å². The molecule has 1 aromatic heterocycles. The van der Waals surface area contributed by atoms with Gasteiger partial charge in [0, 0.05) is 24.1 Å². The summed E-state index contributed by atoms with van der Waals surface area (Å²) in [6.45, 7) is 5.11. The molecule has 31 heavy (non-hydrogen) atoms. The van der Waals surface area contributed by atoms with Gasteiger partial charge in [-0.25, -0.2) is 0 Å². The smallest absolute Gasteiger partial charge is 0.461 e. The predicted octanol–water partition coefficient (Wildman–Crippen LogP) is 5.34. The van der Waals surface area contributed by atoms with Crippen LogP contribution in [0.15, 0.2) is 65.1 Å². The van der Waals surface area contributed by atoms with Gasteiger partial charge >= 0.3 is 6.36 Å². The molecular formula is C24H24F3NO3. The molecular weight excluding hydrogens is 407 g/mol. The second-order valence-corrected chi connectivity index (χ2v) is 8.51. The quantitative estimate of drug-likeness (QED) is 0.592. The largest absolute Gasteiger partial charge is 0.573 e. The maximum atomic E-state index is 12.6. The number of aryl methyl sites for hydroxylation is 1. The van der Waals surface area contributed by atoms with Crippen molar-refractivity contribution in [2.75, 3.05) is 20.1 Å². The van der Waals surface area contributed by atoms with Crippen molar-refractivity contribution in [2.45, 2.75) is 25.8 Å². The molecule has 1 fully saturated rings. The Balaban J connectivity index is 1.78. The van der Waals surface area contributed by atoms with Crippen LogP contribution in [0, 0.1) is 12.3 Å². The lowest BCUT2D eigenvalue weighted by atomic mass is 9.62. The SMILES string of the molecule is Cc1ccc(-c2cccc([C@@](O)(c3ccc(OC(F)(F)F)cc3)C3(C)CN(C)C3)c2)o1. The number of ether oxygens (including phenoxy) is 1. The van der Waals surface area contributed by atoms with Crippen LogP contribution < -0.4 is 4.74 Å². The molecule has 0 unspecified atom stereocenters. The van der Waals surface area contributed by atoms with Gasteiger partial charge in [0.05, 0.1) is 0 Å². The molecule has 2 heterocycles. The van der Waals surface area contributed by atoms with Crippen LogP contribution in [0.5, 0.6) is 5.75 Å². The Morgan fingerprint density at radius 3 is 2.23 bits per heavy atom.